The molecule has 0 aliphatic carbocycles. The van der Waals surface area contributed by atoms with E-state index in [1.807, 2.05) is 0 Å². The summed E-state index contributed by atoms with van der Waals surface area (Å²) >= 11 is 2.77. The summed E-state index contributed by atoms with van der Waals surface area (Å²) in [6, 6.07) is 0. The van der Waals surface area contributed by atoms with Gasteiger partial charge in [-0.15, -0.1) is 10.2 Å². The summed E-state index contributed by atoms with van der Waals surface area (Å²) in [6.07, 6.45) is 4.13. The summed E-state index contributed by atoms with van der Waals surface area (Å²) in [4.78, 5) is 0. The topological polar surface area (TPSA) is 149 Å². The average molecular weight is 333 g/mol. The van der Waals surface area contributed by atoms with Gasteiger partial charge in [0.2, 0.25) is 10.3 Å². The molecule has 0 heterocycles. The molecule has 8 nitrogen and oxygen atoms in total. The van der Waals surface area contributed by atoms with E-state index in [0.29, 0.717) is 0 Å². The molecule has 0 fully saturated rings. The van der Waals surface area contributed by atoms with Crippen LogP contribution in [0.15, 0.2) is 20.4 Å². The molecule has 0 rings (SSSR count). The van der Waals surface area contributed by atoms with Crippen molar-refractivity contribution < 1.29 is 0 Å². The van der Waals surface area contributed by atoms with Gasteiger partial charge in [0, 0.05) is 11.5 Å². The average Bonchev–Trinajstić information content (AvgIpc) is 2.50. The second-order valence-electron chi connectivity index (χ2n) is 4.62. The van der Waals surface area contributed by atoms with Crippen LogP contribution in [0.1, 0.15) is 39.5 Å². The van der Waals surface area contributed by atoms with Crippen LogP contribution < -0.4 is 11.7 Å². The molecule has 0 amide bonds. The van der Waals surface area contributed by atoms with Gasteiger partial charge in [-0.2, -0.15) is 10.2 Å². The number of hydrazone groups is 2. The third kappa shape index (κ3) is 7.42. The van der Waals surface area contributed by atoms with Gasteiger partial charge in [-0.25, -0.2) is 11.1 Å². The van der Waals surface area contributed by atoms with E-state index in [2.05, 4.69) is 34.3 Å². The number of thioether (sulfide) groups is 2. The first kappa shape index (κ1) is 19.8. The minimum absolute atomic E-state index is 0.0279. The van der Waals surface area contributed by atoms with Crippen molar-refractivity contribution in [3.63, 3.8) is 0 Å². The van der Waals surface area contributed by atoms with E-state index in [1.165, 1.54) is 23.5 Å². The molecule has 0 aromatic rings. The van der Waals surface area contributed by atoms with Crippen LogP contribution >= 0.6 is 23.5 Å². The van der Waals surface area contributed by atoms with E-state index >= 15 is 0 Å². The highest BCUT2D eigenvalue weighted by atomic mass is 32.2. The van der Waals surface area contributed by atoms with Crippen LogP contribution in [0.2, 0.25) is 0 Å². The highest BCUT2D eigenvalue weighted by Crippen LogP contribution is 2.38. The zero-order chi connectivity index (χ0) is 16.1. The summed E-state index contributed by atoms with van der Waals surface area (Å²) < 4.78 is 0. The van der Waals surface area contributed by atoms with Crippen LogP contribution in [0.5, 0.6) is 0 Å². The molecule has 21 heavy (non-hydrogen) atoms. The molecule has 0 spiro atoms. The lowest BCUT2D eigenvalue weighted by molar-refractivity contribution is 0.318. The van der Waals surface area contributed by atoms with E-state index in [0.717, 1.165) is 37.2 Å². The molecule has 0 saturated heterocycles. The predicted molar refractivity (Wildman–Crippen MR) is 90.7 cm³/mol. The Morgan fingerprint density at radius 1 is 0.905 bits per heavy atom. The summed E-state index contributed by atoms with van der Waals surface area (Å²) in [7, 11) is 0. The lowest BCUT2D eigenvalue weighted by atomic mass is 9.83. The van der Waals surface area contributed by atoms with Gasteiger partial charge in [0.25, 0.3) is 0 Å². The van der Waals surface area contributed by atoms with Crippen LogP contribution in [0.25, 0.3) is 0 Å². The zero-order valence-electron chi connectivity index (χ0n) is 12.5. The Morgan fingerprint density at radius 2 is 1.29 bits per heavy atom. The predicted octanol–water partition coefficient (Wildman–Crippen LogP) is 3.56. The molecular weight excluding hydrogens is 308 g/mol. The van der Waals surface area contributed by atoms with Crippen LogP contribution in [0.4, 0.5) is 0 Å². The Balaban J connectivity index is 4.95. The molecule has 0 aromatic heterocycles. The van der Waals surface area contributed by atoms with Crippen molar-refractivity contribution in [2.24, 2.45) is 37.5 Å². The summed E-state index contributed by atoms with van der Waals surface area (Å²) in [6.45, 7) is 4.28. The van der Waals surface area contributed by atoms with Gasteiger partial charge < -0.3 is 11.7 Å². The molecule has 120 valence electrons. The summed E-state index contributed by atoms with van der Waals surface area (Å²) in [5, 5.41) is 14.1. The van der Waals surface area contributed by atoms with Gasteiger partial charge in [0.15, 0.2) is 0 Å². The van der Waals surface area contributed by atoms with Crippen molar-refractivity contribution in [3.05, 3.63) is 0 Å². The van der Waals surface area contributed by atoms with Gasteiger partial charge in [0.05, 0.1) is 0 Å². The molecule has 0 aliphatic rings. The lowest BCUT2D eigenvalue weighted by Crippen LogP contribution is -2.28. The molecule has 10 heteroatoms. The van der Waals surface area contributed by atoms with Crippen molar-refractivity contribution in [2.45, 2.75) is 39.5 Å². The first-order valence-electron chi connectivity index (χ1n) is 6.67. The minimum atomic E-state index is 0.0279. The lowest BCUT2D eigenvalue weighted by Gasteiger charge is -2.32. The second-order valence-corrected chi connectivity index (χ2v) is 6.51. The van der Waals surface area contributed by atoms with Crippen molar-refractivity contribution in [2.75, 3.05) is 11.5 Å². The smallest absolute Gasteiger partial charge is 0.226 e. The van der Waals surface area contributed by atoms with Gasteiger partial charge in [0.1, 0.15) is 0 Å². The SMILES string of the molecule is CCCC(CCC)(CSC(N=N)=NN)CSC(N=N)=NN. The highest BCUT2D eigenvalue weighted by molar-refractivity contribution is 8.14. The largest absolute Gasteiger partial charge is 0.321 e. The quantitative estimate of drug-likeness (QED) is 0.177. The third-order valence-corrected chi connectivity index (χ3v) is 5.41. The van der Waals surface area contributed by atoms with E-state index in [9.17, 15) is 0 Å². The van der Waals surface area contributed by atoms with E-state index < -0.39 is 0 Å². The molecule has 0 aliphatic heterocycles. The maximum Gasteiger partial charge on any atom is 0.226 e. The zero-order valence-corrected chi connectivity index (χ0v) is 14.1. The molecule has 0 saturated carbocycles. The normalized spacial score (nSPS) is 13.2. The number of rotatable bonds is 8. The van der Waals surface area contributed by atoms with Gasteiger partial charge in [-0.3, -0.25) is 0 Å². The third-order valence-electron chi connectivity index (χ3n) is 2.99. The molecule has 0 radical (unpaired) electrons. The maximum atomic E-state index is 7.01. The fourth-order valence-corrected chi connectivity index (χ4v) is 4.21. The van der Waals surface area contributed by atoms with Crippen molar-refractivity contribution in [1.29, 1.82) is 11.1 Å². The number of nitrogens with one attached hydrogen (secondary N) is 2. The van der Waals surface area contributed by atoms with Crippen molar-refractivity contribution in [1.82, 2.24) is 0 Å². The Kier molecular flexibility index (Phi) is 10.9. The molecule has 0 bridgehead atoms. The summed E-state index contributed by atoms with van der Waals surface area (Å²) in [5.41, 5.74) is 14.1. The fraction of sp³-hybridized carbons (Fsp3) is 0.818. The number of nitrogens with zero attached hydrogens (tertiary/aromatic N) is 4. The van der Waals surface area contributed by atoms with E-state index in [4.69, 9.17) is 22.7 Å². The summed E-state index contributed by atoms with van der Waals surface area (Å²) in [5.74, 6) is 11.9. The number of hydrogen-bond donors (Lipinski definition) is 4. The molecule has 0 unspecified atom stereocenters. The number of hydrogen-bond acceptors (Lipinski definition) is 8. The van der Waals surface area contributed by atoms with Crippen molar-refractivity contribution in [3.8, 4) is 0 Å². The standard InChI is InChI=1S/C11H24N8S2/c1-3-5-11(6-4-2,7-20-9(16-12)17-13)8-21-10(18-14)19-15/h12,14H,3-8,13,15H2,1-2H3. The van der Waals surface area contributed by atoms with Crippen LogP contribution in [-0.4, -0.2) is 21.8 Å². The molecule has 0 aromatic carbocycles. The number of nitrogens with two attached hydrogens (primary N) is 2. The first-order valence-corrected chi connectivity index (χ1v) is 8.64. The molecular formula is C11H24N8S2. The second kappa shape index (κ2) is 11.5. The molecule has 6 N–H and O–H groups in total. The minimum Gasteiger partial charge on any atom is -0.321 e. The Bertz CT molecular complexity index is 346. The van der Waals surface area contributed by atoms with Gasteiger partial charge >= 0.3 is 0 Å². The Hall–Kier alpha value is -1.16. The van der Waals surface area contributed by atoms with Gasteiger partial charge in [-0.1, -0.05) is 50.2 Å². The van der Waals surface area contributed by atoms with Crippen molar-refractivity contribution >= 4 is 33.9 Å². The Morgan fingerprint density at radius 3 is 1.52 bits per heavy atom. The Labute approximate surface area is 134 Å². The fourth-order valence-electron chi connectivity index (χ4n) is 2.15. The first-order chi connectivity index (χ1) is 10.1. The van der Waals surface area contributed by atoms with Crippen LogP contribution in [-0.2, 0) is 0 Å². The monoisotopic (exact) mass is 332 g/mol. The van der Waals surface area contributed by atoms with E-state index in [1.54, 1.807) is 0 Å². The van der Waals surface area contributed by atoms with E-state index in [-0.39, 0.29) is 15.8 Å². The van der Waals surface area contributed by atoms with Crippen LogP contribution in [0.3, 0.4) is 0 Å². The number of amidine groups is 2. The van der Waals surface area contributed by atoms with Gasteiger partial charge in [-0.05, 0) is 18.3 Å². The maximum absolute atomic E-state index is 7.01. The highest BCUT2D eigenvalue weighted by Gasteiger charge is 2.30. The van der Waals surface area contributed by atoms with Crippen LogP contribution in [0, 0.1) is 16.5 Å². The molecule has 0 atom stereocenters.